The Morgan fingerprint density at radius 3 is 2.62 bits per heavy atom. The molecule has 1 aromatic carbocycles. The fourth-order valence-corrected chi connectivity index (χ4v) is 2.68. The topological polar surface area (TPSA) is 127 Å². The van der Waals surface area contributed by atoms with Crippen LogP contribution in [0.1, 0.15) is 5.82 Å². The molecule has 0 saturated heterocycles. The minimum atomic E-state index is -4.04. The van der Waals surface area contributed by atoms with Crippen molar-refractivity contribution in [2.75, 3.05) is 4.72 Å². The summed E-state index contributed by atoms with van der Waals surface area (Å²) in [7, 11) is -2.41. The quantitative estimate of drug-likeness (QED) is 0.495. The molecule has 0 bridgehead atoms. The van der Waals surface area contributed by atoms with Crippen molar-refractivity contribution in [2.45, 2.75) is 11.9 Å². The van der Waals surface area contributed by atoms with Crippen LogP contribution in [0.4, 0.5) is 11.4 Å². The van der Waals surface area contributed by atoms with Crippen molar-refractivity contribution in [3.63, 3.8) is 0 Å². The smallest absolute Gasteiger partial charge is 0.281 e. The zero-order valence-corrected chi connectivity index (χ0v) is 12.0. The fourth-order valence-electron chi connectivity index (χ4n) is 1.57. The number of benzene rings is 1. The van der Waals surface area contributed by atoms with Crippen LogP contribution in [0, 0.1) is 17.0 Å². The van der Waals surface area contributed by atoms with Gasteiger partial charge in [0.25, 0.3) is 15.7 Å². The number of aromatic hydroxyl groups is 1. The number of imidazole rings is 1. The molecule has 0 spiro atoms. The summed E-state index contributed by atoms with van der Waals surface area (Å²) in [6, 6.07) is 3.04. The molecule has 112 valence electrons. The van der Waals surface area contributed by atoms with E-state index >= 15 is 0 Å². The number of hydrogen-bond acceptors (Lipinski definition) is 6. The van der Waals surface area contributed by atoms with Crippen LogP contribution in [0.25, 0.3) is 0 Å². The molecule has 9 nitrogen and oxygen atoms in total. The summed E-state index contributed by atoms with van der Waals surface area (Å²) in [5.74, 6) is 0.0652. The average Bonchev–Trinajstić information content (AvgIpc) is 2.73. The number of non-ortho nitro benzene ring substituents is 1. The lowest BCUT2D eigenvalue weighted by Crippen LogP contribution is -2.13. The molecule has 21 heavy (non-hydrogen) atoms. The van der Waals surface area contributed by atoms with Gasteiger partial charge < -0.3 is 9.67 Å². The Morgan fingerprint density at radius 1 is 1.43 bits per heavy atom. The monoisotopic (exact) mass is 312 g/mol. The molecule has 10 heteroatoms. The first kappa shape index (κ1) is 14.8. The van der Waals surface area contributed by atoms with Gasteiger partial charge in [-0.3, -0.25) is 14.8 Å². The normalized spacial score (nSPS) is 11.3. The summed E-state index contributed by atoms with van der Waals surface area (Å²) >= 11 is 0. The maximum absolute atomic E-state index is 12.1. The van der Waals surface area contributed by atoms with Gasteiger partial charge in [0.1, 0.15) is 11.6 Å². The number of nitrogens with zero attached hydrogens (tertiary/aromatic N) is 3. The summed E-state index contributed by atoms with van der Waals surface area (Å²) in [6.45, 7) is 1.63. The van der Waals surface area contributed by atoms with Crippen LogP contribution in [0.5, 0.6) is 5.75 Å². The number of nitro groups is 1. The van der Waals surface area contributed by atoms with Gasteiger partial charge >= 0.3 is 0 Å². The number of nitro benzene ring substituents is 1. The highest BCUT2D eigenvalue weighted by atomic mass is 32.2. The van der Waals surface area contributed by atoms with Gasteiger partial charge in [-0.15, -0.1) is 0 Å². The first-order valence-electron chi connectivity index (χ1n) is 5.71. The van der Waals surface area contributed by atoms with E-state index in [1.165, 1.54) is 10.8 Å². The van der Waals surface area contributed by atoms with Crippen molar-refractivity contribution >= 4 is 21.4 Å². The van der Waals surface area contributed by atoms with E-state index in [4.69, 9.17) is 0 Å². The lowest BCUT2D eigenvalue weighted by atomic mass is 10.2. The molecule has 0 saturated carbocycles. The SMILES string of the molecule is Cc1nc(S(=O)(=O)Nc2cc([N+](=O)[O-])ccc2O)cn1C. The van der Waals surface area contributed by atoms with Crippen LogP contribution < -0.4 is 4.72 Å². The number of nitrogens with one attached hydrogen (secondary N) is 1. The number of phenols is 1. The van der Waals surface area contributed by atoms with E-state index in [1.54, 1.807) is 14.0 Å². The van der Waals surface area contributed by atoms with Crippen molar-refractivity contribution in [1.82, 2.24) is 9.55 Å². The average molecular weight is 312 g/mol. The molecule has 2 aromatic rings. The molecular weight excluding hydrogens is 300 g/mol. The molecule has 0 fully saturated rings. The predicted molar refractivity (Wildman–Crippen MR) is 73.5 cm³/mol. The summed E-state index contributed by atoms with van der Waals surface area (Å²) in [5, 5.41) is 20.0. The van der Waals surface area contributed by atoms with E-state index in [2.05, 4.69) is 9.71 Å². The molecule has 0 atom stereocenters. The molecule has 1 heterocycles. The van der Waals surface area contributed by atoms with Gasteiger partial charge in [0.2, 0.25) is 0 Å². The largest absolute Gasteiger partial charge is 0.506 e. The number of hydrogen-bond donors (Lipinski definition) is 2. The Balaban J connectivity index is 2.41. The highest BCUT2D eigenvalue weighted by molar-refractivity contribution is 7.92. The molecular formula is C11H12N4O5S. The van der Waals surface area contributed by atoms with Gasteiger partial charge in [0.05, 0.1) is 10.6 Å². The molecule has 1 aromatic heterocycles. The second-order valence-corrected chi connectivity index (χ2v) is 5.93. The van der Waals surface area contributed by atoms with Gasteiger partial charge in [-0.2, -0.15) is 8.42 Å². The lowest BCUT2D eigenvalue weighted by Gasteiger charge is -2.07. The van der Waals surface area contributed by atoms with Crippen molar-refractivity contribution in [1.29, 1.82) is 0 Å². The van der Waals surface area contributed by atoms with E-state index in [0.29, 0.717) is 5.82 Å². The Hall–Kier alpha value is -2.62. The van der Waals surface area contributed by atoms with Crippen LogP contribution >= 0.6 is 0 Å². The third kappa shape index (κ3) is 2.94. The molecule has 0 aliphatic rings. The zero-order chi connectivity index (χ0) is 15.8. The van der Waals surface area contributed by atoms with Gasteiger partial charge in [-0.25, -0.2) is 4.98 Å². The zero-order valence-electron chi connectivity index (χ0n) is 11.1. The van der Waals surface area contributed by atoms with Crippen molar-refractivity contribution in [3.8, 4) is 5.75 Å². The van der Waals surface area contributed by atoms with Crippen molar-refractivity contribution < 1.29 is 18.4 Å². The second-order valence-electron chi connectivity index (χ2n) is 4.30. The molecule has 0 amide bonds. The summed E-state index contributed by atoms with van der Waals surface area (Å²) in [5.41, 5.74) is -0.629. The lowest BCUT2D eigenvalue weighted by molar-refractivity contribution is -0.384. The molecule has 2 N–H and O–H groups in total. The molecule has 0 radical (unpaired) electrons. The van der Waals surface area contributed by atoms with Crippen molar-refractivity contribution in [2.24, 2.45) is 7.05 Å². The minimum Gasteiger partial charge on any atom is -0.506 e. The van der Waals surface area contributed by atoms with E-state index in [-0.39, 0.29) is 16.4 Å². The summed E-state index contributed by atoms with van der Waals surface area (Å²) in [6.07, 6.45) is 1.30. The Kier molecular flexibility index (Phi) is 3.56. The van der Waals surface area contributed by atoms with Gasteiger partial charge in [-0.05, 0) is 13.0 Å². The third-order valence-electron chi connectivity index (χ3n) is 2.80. The minimum absolute atomic E-state index is 0.242. The Morgan fingerprint density at radius 2 is 2.10 bits per heavy atom. The van der Waals surface area contributed by atoms with E-state index in [0.717, 1.165) is 18.2 Å². The highest BCUT2D eigenvalue weighted by Gasteiger charge is 2.21. The molecule has 0 unspecified atom stereocenters. The van der Waals surface area contributed by atoms with Crippen LogP contribution in [0.2, 0.25) is 0 Å². The van der Waals surface area contributed by atoms with Gasteiger partial charge in [-0.1, -0.05) is 0 Å². The van der Waals surface area contributed by atoms with Crippen LogP contribution in [0.15, 0.2) is 29.4 Å². The van der Waals surface area contributed by atoms with Gasteiger partial charge in [0.15, 0.2) is 5.03 Å². The Bertz CT molecular complexity index is 793. The second kappa shape index (κ2) is 5.05. The number of aromatic nitrogens is 2. The predicted octanol–water partition coefficient (Wildman–Crippen LogP) is 1.14. The number of aryl methyl sites for hydroxylation is 2. The highest BCUT2D eigenvalue weighted by Crippen LogP contribution is 2.29. The molecule has 0 aliphatic heterocycles. The van der Waals surface area contributed by atoms with Crippen LogP contribution in [-0.4, -0.2) is 28.0 Å². The van der Waals surface area contributed by atoms with Gasteiger partial charge in [0, 0.05) is 25.4 Å². The van der Waals surface area contributed by atoms with Crippen LogP contribution in [-0.2, 0) is 17.1 Å². The molecule has 2 rings (SSSR count). The number of phenolic OH excluding ortho intramolecular Hbond substituents is 1. The number of rotatable bonds is 4. The first-order valence-corrected chi connectivity index (χ1v) is 7.19. The maximum atomic E-state index is 12.1. The Labute approximate surface area is 120 Å². The van der Waals surface area contributed by atoms with Crippen LogP contribution in [0.3, 0.4) is 0 Å². The van der Waals surface area contributed by atoms with E-state index in [1.807, 2.05) is 0 Å². The first-order chi connectivity index (χ1) is 9.70. The number of anilines is 1. The standard InChI is InChI=1S/C11H12N4O5S/c1-7-12-11(6-14(7)2)21(19,20)13-9-5-8(15(17)18)3-4-10(9)16/h3-6,13,16H,1-2H3. The van der Waals surface area contributed by atoms with E-state index in [9.17, 15) is 23.6 Å². The third-order valence-corrected chi connectivity index (χ3v) is 4.03. The maximum Gasteiger partial charge on any atom is 0.281 e. The summed E-state index contributed by atoms with van der Waals surface area (Å²) < 4.78 is 27.9. The van der Waals surface area contributed by atoms with Crippen molar-refractivity contribution in [3.05, 3.63) is 40.3 Å². The fraction of sp³-hybridized carbons (Fsp3) is 0.182. The molecule has 0 aliphatic carbocycles. The number of sulfonamides is 1. The van der Waals surface area contributed by atoms with E-state index < -0.39 is 20.7 Å². The summed E-state index contributed by atoms with van der Waals surface area (Å²) in [4.78, 5) is 13.8.